The van der Waals surface area contributed by atoms with Crippen molar-refractivity contribution in [1.82, 2.24) is 0 Å². The second-order valence-corrected chi connectivity index (χ2v) is 6.84. The summed E-state index contributed by atoms with van der Waals surface area (Å²) in [6.45, 7) is 6.12. The number of hydrogen-bond donors (Lipinski definition) is 1. The molecule has 6 heteroatoms. The lowest BCUT2D eigenvalue weighted by atomic mass is 10.1. The van der Waals surface area contributed by atoms with Crippen molar-refractivity contribution in [2.45, 2.75) is 26.6 Å². The van der Waals surface area contributed by atoms with Crippen LogP contribution in [0.2, 0.25) is 0 Å². The van der Waals surface area contributed by atoms with E-state index >= 15 is 0 Å². The van der Waals surface area contributed by atoms with E-state index in [2.05, 4.69) is 15.9 Å². The highest BCUT2D eigenvalue weighted by Crippen LogP contribution is 2.58. The van der Waals surface area contributed by atoms with E-state index in [0.29, 0.717) is 13.2 Å². The van der Waals surface area contributed by atoms with Gasteiger partial charge in [-0.2, -0.15) is 0 Å². The van der Waals surface area contributed by atoms with Crippen LogP contribution in [0.5, 0.6) is 0 Å². The predicted molar refractivity (Wildman–Crippen MR) is 76.7 cm³/mol. The van der Waals surface area contributed by atoms with Gasteiger partial charge in [0.15, 0.2) is 0 Å². The minimum atomic E-state index is -3.31. The largest absolute Gasteiger partial charge is 0.351 e. The smallest absolute Gasteiger partial charge is 0.314 e. The van der Waals surface area contributed by atoms with Gasteiger partial charge in [-0.15, -0.1) is 0 Å². The Morgan fingerprint density at radius 3 is 2.33 bits per heavy atom. The van der Waals surface area contributed by atoms with Crippen LogP contribution < -0.4 is 5.73 Å². The van der Waals surface area contributed by atoms with E-state index in [-0.39, 0.29) is 0 Å². The molecule has 1 rings (SSSR count). The molecule has 1 atom stereocenters. The highest BCUT2D eigenvalue weighted by Gasteiger charge is 2.33. The SMILES string of the molecule is CCOP(=O)(OCC)[C@@H](N)c1ccc(C)c(Br)c1. The van der Waals surface area contributed by atoms with E-state index in [1.807, 2.05) is 25.1 Å². The molecule has 102 valence electrons. The van der Waals surface area contributed by atoms with Crippen molar-refractivity contribution in [3.8, 4) is 0 Å². The molecule has 0 saturated carbocycles. The van der Waals surface area contributed by atoms with Crippen molar-refractivity contribution in [1.29, 1.82) is 0 Å². The van der Waals surface area contributed by atoms with Crippen molar-refractivity contribution in [3.63, 3.8) is 0 Å². The minimum absolute atomic E-state index is 0.304. The van der Waals surface area contributed by atoms with Gasteiger partial charge in [0, 0.05) is 4.47 Å². The van der Waals surface area contributed by atoms with Gasteiger partial charge in [0.2, 0.25) is 0 Å². The second kappa shape index (κ2) is 6.83. The summed E-state index contributed by atoms with van der Waals surface area (Å²) in [6, 6.07) is 5.61. The zero-order chi connectivity index (χ0) is 13.8. The second-order valence-electron chi connectivity index (χ2n) is 3.83. The van der Waals surface area contributed by atoms with Crippen LogP contribution in [0.15, 0.2) is 22.7 Å². The summed E-state index contributed by atoms with van der Waals surface area (Å²) >= 11 is 3.43. The van der Waals surface area contributed by atoms with E-state index < -0.39 is 13.4 Å². The molecule has 0 unspecified atom stereocenters. The summed E-state index contributed by atoms with van der Waals surface area (Å²) in [6.07, 6.45) is 0. The lowest BCUT2D eigenvalue weighted by molar-refractivity contribution is 0.212. The Hall–Kier alpha value is -0.190. The quantitative estimate of drug-likeness (QED) is 0.798. The Morgan fingerprint density at radius 1 is 1.33 bits per heavy atom. The zero-order valence-corrected chi connectivity index (χ0v) is 13.3. The highest BCUT2D eigenvalue weighted by molar-refractivity contribution is 9.10. The van der Waals surface area contributed by atoms with Gasteiger partial charge in [-0.3, -0.25) is 4.57 Å². The number of benzene rings is 1. The molecule has 0 aliphatic carbocycles. The van der Waals surface area contributed by atoms with Crippen LogP contribution in [0, 0.1) is 6.92 Å². The topological polar surface area (TPSA) is 61.5 Å². The highest BCUT2D eigenvalue weighted by atomic mass is 79.9. The van der Waals surface area contributed by atoms with Gasteiger partial charge in [0.25, 0.3) is 0 Å². The van der Waals surface area contributed by atoms with Crippen LogP contribution in [-0.4, -0.2) is 13.2 Å². The molecule has 0 amide bonds. The summed E-state index contributed by atoms with van der Waals surface area (Å²) in [5, 5.41) is 0. The fraction of sp³-hybridized carbons (Fsp3) is 0.500. The molecule has 4 nitrogen and oxygen atoms in total. The molecule has 0 fully saturated rings. The fourth-order valence-corrected chi connectivity index (χ4v) is 3.57. The van der Waals surface area contributed by atoms with Crippen molar-refractivity contribution in [2.75, 3.05) is 13.2 Å². The Labute approximate surface area is 117 Å². The van der Waals surface area contributed by atoms with Crippen LogP contribution in [0.1, 0.15) is 30.8 Å². The zero-order valence-electron chi connectivity index (χ0n) is 10.9. The molecule has 1 aromatic carbocycles. The fourth-order valence-electron chi connectivity index (χ4n) is 1.53. The van der Waals surface area contributed by atoms with E-state index in [4.69, 9.17) is 14.8 Å². The third kappa shape index (κ3) is 3.65. The maximum absolute atomic E-state index is 12.5. The molecule has 1 aromatic rings. The normalized spacial score (nSPS) is 13.6. The van der Waals surface area contributed by atoms with Gasteiger partial charge < -0.3 is 14.8 Å². The summed E-state index contributed by atoms with van der Waals surface area (Å²) in [4.78, 5) is 0. The van der Waals surface area contributed by atoms with Crippen LogP contribution in [-0.2, 0) is 13.6 Å². The van der Waals surface area contributed by atoms with Crippen molar-refractivity contribution in [3.05, 3.63) is 33.8 Å². The summed E-state index contributed by atoms with van der Waals surface area (Å²) in [7, 11) is -3.31. The molecule has 0 aliphatic rings. The molecule has 0 aromatic heterocycles. The summed E-state index contributed by atoms with van der Waals surface area (Å²) in [5.74, 6) is -0.769. The number of hydrogen-bond acceptors (Lipinski definition) is 4. The van der Waals surface area contributed by atoms with Gasteiger partial charge in [-0.05, 0) is 38.0 Å². The van der Waals surface area contributed by atoms with Gasteiger partial charge in [-0.25, -0.2) is 0 Å². The third-order valence-electron chi connectivity index (χ3n) is 2.50. The summed E-state index contributed by atoms with van der Waals surface area (Å²) in [5.41, 5.74) is 7.86. The van der Waals surface area contributed by atoms with Gasteiger partial charge in [-0.1, -0.05) is 28.1 Å². The Bertz CT molecular complexity index is 443. The van der Waals surface area contributed by atoms with Crippen molar-refractivity contribution >= 4 is 23.5 Å². The maximum atomic E-state index is 12.5. The first-order valence-electron chi connectivity index (χ1n) is 5.85. The molecular weight excluding hydrogens is 317 g/mol. The standard InChI is InChI=1S/C12H19BrNO3P/c1-4-16-18(15,17-5-2)12(14)10-7-6-9(3)11(13)8-10/h6-8,12H,4-5,14H2,1-3H3/t12-/m1/s1. The number of nitrogens with two attached hydrogens (primary N) is 1. The van der Waals surface area contributed by atoms with E-state index in [1.54, 1.807) is 13.8 Å². The Kier molecular flexibility index (Phi) is 6.02. The molecule has 0 bridgehead atoms. The van der Waals surface area contributed by atoms with Crippen molar-refractivity contribution < 1.29 is 13.6 Å². The first kappa shape index (κ1) is 15.9. The van der Waals surface area contributed by atoms with E-state index in [0.717, 1.165) is 15.6 Å². The minimum Gasteiger partial charge on any atom is -0.314 e. The Morgan fingerprint density at radius 2 is 1.89 bits per heavy atom. The molecule has 0 spiro atoms. The van der Waals surface area contributed by atoms with Crippen LogP contribution >= 0.6 is 23.5 Å². The van der Waals surface area contributed by atoms with Crippen LogP contribution in [0.3, 0.4) is 0 Å². The Balaban J connectivity index is 3.05. The third-order valence-corrected chi connectivity index (χ3v) is 5.57. The van der Waals surface area contributed by atoms with E-state index in [9.17, 15) is 4.57 Å². The van der Waals surface area contributed by atoms with Gasteiger partial charge >= 0.3 is 7.60 Å². The van der Waals surface area contributed by atoms with Crippen LogP contribution in [0.25, 0.3) is 0 Å². The maximum Gasteiger partial charge on any atom is 0.351 e. The lowest BCUT2D eigenvalue weighted by Gasteiger charge is -2.23. The predicted octanol–water partition coefficient (Wildman–Crippen LogP) is 3.98. The average Bonchev–Trinajstić information content (AvgIpc) is 2.32. The number of rotatable bonds is 6. The van der Waals surface area contributed by atoms with Gasteiger partial charge in [0.1, 0.15) is 5.78 Å². The lowest BCUT2D eigenvalue weighted by Crippen LogP contribution is -2.15. The monoisotopic (exact) mass is 335 g/mol. The average molecular weight is 336 g/mol. The number of halogens is 1. The molecule has 2 N–H and O–H groups in total. The number of aryl methyl sites for hydroxylation is 1. The first-order chi connectivity index (χ1) is 8.44. The molecule has 0 radical (unpaired) electrons. The molecular formula is C12H19BrNO3P. The molecule has 18 heavy (non-hydrogen) atoms. The van der Waals surface area contributed by atoms with Crippen molar-refractivity contribution in [2.24, 2.45) is 5.73 Å². The molecule has 0 saturated heterocycles. The van der Waals surface area contributed by atoms with Gasteiger partial charge in [0.05, 0.1) is 13.2 Å². The first-order valence-corrected chi connectivity index (χ1v) is 8.25. The summed E-state index contributed by atoms with van der Waals surface area (Å²) < 4.78 is 23.9. The molecule has 0 heterocycles. The molecule has 0 aliphatic heterocycles. The van der Waals surface area contributed by atoms with Crippen LogP contribution in [0.4, 0.5) is 0 Å². The van der Waals surface area contributed by atoms with E-state index in [1.165, 1.54) is 0 Å².